The van der Waals surface area contributed by atoms with Crippen LogP contribution in [0.5, 0.6) is 0 Å². The number of nitrogens with one attached hydrogen (secondary N) is 2. The molecular weight excluding hydrogens is 430 g/mol. The molecule has 1 aromatic heterocycles. The van der Waals surface area contributed by atoms with E-state index in [4.69, 9.17) is 9.47 Å². The number of aromatic nitrogens is 2. The number of carbonyl (C=O) groups excluding carboxylic acids is 2. The first kappa shape index (κ1) is 23.6. The number of rotatable bonds is 9. The molecule has 0 atom stereocenters. The topological polar surface area (TPSA) is 146 Å². The second-order valence-corrected chi connectivity index (χ2v) is 7.37. The Morgan fingerprint density at radius 3 is 2.30 bits per heavy atom. The molecule has 33 heavy (non-hydrogen) atoms. The Morgan fingerprint density at radius 2 is 1.73 bits per heavy atom. The Morgan fingerprint density at radius 1 is 1.06 bits per heavy atom. The molecule has 3 rings (SSSR count). The molecule has 0 radical (unpaired) electrons. The molecule has 2 N–H and O–H groups in total. The van der Waals surface area contributed by atoms with Crippen LogP contribution < -0.4 is 10.6 Å². The SMILES string of the molecule is COC(=O)c1cc(Nc2ncnc(NCCC3=CCCCC3)c2[N+](=O)[O-])cc(C(=O)OC)c1. The zero-order valence-corrected chi connectivity index (χ0v) is 18.4. The van der Waals surface area contributed by atoms with Gasteiger partial charge in [0.15, 0.2) is 0 Å². The van der Waals surface area contributed by atoms with Gasteiger partial charge in [0.1, 0.15) is 6.33 Å². The van der Waals surface area contributed by atoms with Crippen LogP contribution in [0.15, 0.2) is 36.2 Å². The van der Waals surface area contributed by atoms with Gasteiger partial charge in [-0.05, 0) is 50.3 Å². The predicted molar refractivity (Wildman–Crippen MR) is 121 cm³/mol. The van der Waals surface area contributed by atoms with Crippen LogP contribution in [0.4, 0.5) is 23.0 Å². The van der Waals surface area contributed by atoms with Crippen molar-refractivity contribution in [1.29, 1.82) is 0 Å². The molecular formula is C22H25N5O6. The van der Waals surface area contributed by atoms with Crippen LogP contribution in [0.3, 0.4) is 0 Å². The summed E-state index contributed by atoms with van der Waals surface area (Å²) in [4.78, 5) is 43.3. The molecule has 0 bridgehead atoms. The van der Waals surface area contributed by atoms with Crippen molar-refractivity contribution in [3.05, 3.63) is 57.4 Å². The fraction of sp³-hybridized carbons (Fsp3) is 0.364. The summed E-state index contributed by atoms with van der Waals surface area (Å²) in [5, 5.41) is 17.7. The number of esters is 2. The third-order valence-corrected chi connectivity index (χ3v) is 5.17. The Labute approximate surface area is 190 Å². The summed E-state index contributed by atoms with van der Waals surface area (Å²) >= 11 is 0. The third kappa shape index (κ3) is 6.03. The lowest BCUT2D eigenvalue weighted by Crippen LogP contribution is -2.11. The van der Waals surface area contributed by atoms with Gasteiger partial charge in [-0.2, -0.15) is 0 Å². The molecule has 11 nitrogen and oxygen atoms in total. The van der Waals surface area contributed by atoms with Gasteiger partial charge in [0, 0.05) is 12.2 Å². The quantitative estimate of drug-likeness (QED) is 0.246. The van der Waals surface area contributed by atoms with Gasteiger partial charge in [0.05, 0.1) is 30.3 Å². The number of nitrogens with zero attached hydrogens (tertiary/aromatic N) is 3. The van der Waals surface area contributed by atoms with Gasteiger partial charge in [-0.1, -0.05) is 11.6 Å². The minimum Gasteiger partial charge on any atom is -0.465 e. The molecule has 0 aliphatic heterocycles. The molecule has 0 saturated carbocycles. The number of ether oxygens (including phenoxy) is 2. The van der Waals surface area contributed by atoms with Crippen LogP contribution in [0, 0.1) is 10.1 Å². The highest BCUT2D eigenvalue weighted by atomic mass is 16.6. The van der Waals surface area contributed by atoms with Gasteiger partial charge >= 0.3 is 17.6 Å². The summed E-state index contributed by atoms with van der Waals surface area (Å²) in [6.45, 7) is 0.493. The van der Waals surface area contributed by atoms with Gasteiger partial charge in [-0.3, -0.25) is 10.1 Å². The van der Waals surface area contributed by atoms with Gasteiger partial charge in [-0.15, -0.1) is 0 Å². The van der Waals surface area contributed by atoms with E-state index < -0.39 is 16.9 Å². The van der Waals surface area contributed by atoms with E-state index in [1.807, 2.05) is 0 Å². The average molecular weight is 455 g/mol. The van der Waals surface area contributed by atoms with E-state index in [0.29, 0.717) is 6.54 Å². The van der Waals surface area contributed by atoms with Crippen molar-refractivity contribution < 1.29 is 24.0 Å². The summed E-state index contributed by atoms with van der Waals surface area (Å²) < 4.78 is 9.44. The van der Waals surface area contributed by atoms with Crippen molar-refractivity contribution in [2.24, 2.45) is 0 Å². The lowest BCUT2D eigenvalue weighted by molar-refractivity contribution is -0.383. The van der Waals surface area contributed by atoms with Crippen molar-refractivity contribution in [3.63, 3.8) is 0 Å². The molecule has 0 spiro atoms. The number of hydrogen-bond acceptors (Lipinski definition) is 10. The van der Waals surface area contributed by atoms with Crippen molar-refractivity contribution in [1.82, 2.24) is 9.97 Å². The standard InChI is InChI=1S/C22H25N5O6/c1-32-21(28)15-10-16(22(29)33-2)12-17(11-15)26-20-18(27(30)31)19(24-13-25-20)23-9-8-14-6-4-3-5-7-14/h6,10-13H,3-5,7-9H2,1-2H3,(H2,23,24,25,26). The molecule has 11 heteroatoms. The highest BCUT2D eigenvalue weighted by Gasteiger charge is 2.24. The second kappa shape index (κ2) is 11.0. The second-order valence-electron chi connectivity index (χ2n) is 7.37. The minimum absolute atomic E-state index is 0.0683. The average Bonchev–Trinajstić information content (AvgIpc) is 2.83. The van der Waals surface area contributed by atoms with E-state index in [-0.39, 0.29) is 34.1 Å². The molecule has 0 saturated heterocycles. The Kier molecular flexibility index (Phi) is 7.90. The normalized spacial score (nSPS) is 13.0. The maximum Gasteiger partial charge on any atom is 0.353 e. The van der Waals surface area contributed by atoms with E-state index >= 15 is 0 Å². The van der Waals surface area contributed by atoms with E-state index in [2.05, 4.69) is 26.7 Å². The maximum atomic E-state index is 12.0. The van der Waals surface area contributed by atoms with Gasteiger partial charge in [0.2, 0.25) is 11.6 Å². The van der Waals surface area contributed by atoms with Crippen LogP contribution in [-0.2, 0) is 9.47 Å². The number of benzene rings is 1. The summed E-state index contributed by atoms with van der Waals surface area (Å²) in [5.41, 5.74) is 1.34. The fourth-order valence-corrected chi connectivity index (χ4v) is 3.55. The number of carbonyl (C=O) groups is 2. The number of hydrogen-bond donors (Lipinski definition) is 2. The molecule has 1 heterocycles. The van der Waals surface area contributed by atoms with E-state index in [1.165, 1.54) is 50.7 Å². The molecule has 2 aromatic rings. The summed E-state index contributed by atoms with van der Waals surface area (Å²) in [6.07, 6.45) is 8.65. The summed E-state index contributed by atoms with van der Waals surface area (Å²) in [5.74, 6) is -1.38. The zero-order chi connectivity index (χ0) is 23.8. The molecule has 174 valence electrons. The molecule has 1 aliphatic carbocycles. The fourth-order valence-electron chi connectivity index (χ4n) is 3.55. The molecule has 0 unspecified atom stereocenters. The lowest BCUT2D eigenvalue weighted by atomic mass is 9.97. The van der Waals surface area contributed by atoms with Crippen LogP contribution in [0.25, 0.3) is 0 Å². The number of allylic oxidation sites excluding steroid dienone is 1. The Balaban J connectivity index is 1.87. The van der Waals surface area contributed by atoms with Gasteiger partial charge < -0.3 is 20.1 Å². The van der Waals surface area contributed by atoms with Gasteiger partial charge in [0.25, 0.3) is 0 Å². The third-order valence-electron chi connectivity index (χ3n) is 5.17. The van der Waals surface area contributed by atoms with Crippen molar-refractivity contribution >= 4 is 34.9 Å². The van der Waals surface area contributed by atoms with Crippen LogP contribution in [0.1, 0.15) is 52.8 Å². The minimum atomic E-state index is -0.680. The van der Waals surface area contributed by atoms with Gasteiger partial charge in [-0.25, -0.2) is 19.6 Å². The van der Waals surface area contributed by atoms with E-state index in [1.54, 1.807) is 0 Å². The summed E-state index contributed by atoms with van der Waals surface area (Å²) in [6, 6.07) is 4.10. The van der Waals surface area contributed by atoms with Crippen LogP contribution in [-0.4, -0.2) is 47.6 Å². The highest BCUT2D eigenvalue weighted by Crippen LogP contribution is 2.32. The van der Waals surface area contributed by atoms with E-state index in [0.717, 1.165) is 25.7 Å². The molecule has 0 fully saturated rings. The molecule has 0 amide bonds. The molecule has 1 aromatic carbocycles. The largest absolute Gasteiger partial charge is 0.465 e. The zero-order valence-electron chi connectivity index (χ0n) is 18.4. The van der Waals surface area contributed by atoms with Crippen molar-refractivity contribution in [3.8, 4) is 0 Å². The van der Waals surface area contributed by atoms with Crippen molar-refractivity contribution in [2.75, 3.05) is 31.4 Å². The smallest absolute Gasteiger partial charge is 0.353 e. The molecule has 1 aliphatic rings. The maximum absolute atomic E-state index is 12.0. The lowest BCUT2D eigenvalue weighted by Gasteiger charge is -2.14. The Bertz CT molecular complexity index is 1050. The first-order valence-electron chi connectivity index (χ1n) is 10.4. The number of anilines is 3. The first-order chi connectivity index (χ1) is 15.9. The van der Waals surface area contributed by atoms with Crippen LogP contribution in [0.2, 0.25) is 0 Å². The van der Waals surface area contributed by atoms with E-state index in [9.17, 15) is 19.7 Å². The number of methoxy groups -OCH3 is 2. The summed E-state index contributed by atoms with van der Waals surface area (Å²) in [7, 11) is 2.41. The first-order valence-corrected chi connectivity index (χ1v) is 10.4. The Hall–Kier alpha value is -4.02. The highest BCUT2D eigenvalue weighted by molar-refractivity contribution is 5.97. The predicted octanol–water partition coefficient (Wildman–Crippen LogP) is 4.00. The monoisotopic (exact) mass is 455 g/mol. The number of nitro groups is 1. The van der Waals surface area contributed by atoms with Crippen LogP contribution >= 0.6 is 0 Å². The van der Waals surface area contributed by atoms with Crippen molar-refractivity contribution in [2.45, 2.75) is 32.1 Å².